The Kier molecular flexibility index (Phi) is 9.13. The number of thioether (sulfide) groups is 1. The summed E-state index contributed by atoms with van der Waals surface area (Å²) in [4.78, 5) is 27.4. The van der Waals surface area contributed by atoms with Gasteiger partial charge in [0.05, 0.1) is 5.25 Å². The highest BCUT2D eigenvalue weighted by molar-refractivity contribution is 8.15. The Morgan fingerprint density at radius 3 is 2.50 bits per heavy atom. The molecule has 0 aliphatic carbocycles. The van der Waals surface area contributed by atoms with Gasteiger partial charge in [-0.1, -0.05) is 57.4 Å². The van der Waals surface area contributed by atoms with Gasteiger partial charge in [-0.2, -0.15) is 4.99 Å². The average molecular weight is 324 g/mol. The second-order valence-electron chi connectivity index (χ2n) is 6.03. The largest absolute Gasteiger partial charge is 0.305 e. The molecule has 1 heterocycles. The number of rotatable bonds is 10. The number of aliphatic imine (C=N–C) groups is 1. The minimum Gasteiger partial charge on any atom is -0.305 e. The molecule has 1 rings (SSSR count). The van der Waals surface area contributed by atoms with Crippen LogP contribution in [0, 0.1) is 5.92 Å². The lowest BCUT2D eigenvalue weighted by atomic mass is 10.1. The molecule has 0 aromatic rings. The summed E-state index contributed by atoms with van der Waals surface area (Å²) in [5.41, 5.74) is 0. The molecule has 1 aliphatic rings. The fourth-order valence-electron chi connectivity index (χ4n) is 2.30. The number of carbonyl (C=O) groups excluding carboxylic acids is 2. The summed E-state index contributed by atoms with van der Waals surface area (Å²) in [5, 5.41) is 3.08. The van der Waals surface area contributed by atoms with Gasteiger partial charge < -0.3 is 5.32 Å². The predicted octanol–water partition coefficient (Wildman–Crippen LogP) is 4.06. The van der Waals surface area contributed by atoms with Crippen LogP contribution in [0.15, 0.2) is 17.6 Å². The van der Waals surface area contributed by atoms with Crippen molar-refractivity contribution in [3.8, 4) is 0 Å². The number of amidine groups is 1. The van der Waals surface area contributed by atoms with Gasteiger partial charge in [0.15, 0.2) is 5.17 Å². The molecule has 0 saturated carbocycles. The van der Waals surface area contributed by atoms with Crippen LogP contribution in [0.25, 0.3) is 0 Å². The van der Waals surface area contributed by atoms with Gasteiger partial charge in [-0.3, -0.25) is 9.59 Å². The van der Waals surface area contributed by atoms with Crippen molar-refractivity contribution in [1.82, 2.24) is 5.32 Å². The molecular weight excluding hydrogens is 296 g/mol. The van der Waals surface area contributed by atoms with Crippen molar-refractivity contribution in [2.75, 3.05) is 0 Å². The minimum absolute atomic E-state index is 0.0323. The van der Waals surface area contributed by atoms with Gasteiger partial charge in [0, 0.05) is 6.42 Å². The number of unbranched alkanes of at least 4 members (excludes halogenated alkanes) is 6. The molecule has 124 valence electrons. The summed E-state index contributed by atoms with van der Waals surface area (Å²) in [7, 11) is 0. The Balaban J connectivity index is 2.08. The summed E-state index contributed by atoms with van der Waals surface area (Å²) < 4.78 is 0. The third-order valence-electron chi connectivity index (χ3n) is 3.61. The second-order valence-corrected chi connectivity index (χ2v) is 7.16. The molecule has 5 heteroatoms. The number of nitrogens with zero attached hydrogens (tertiary/aromatic N) is 1. The maximum atomic E-state index is 11.8. The number of carbonyl (C=O) groups is 2. The van der Waals surface area contributed by atoms with E-state index in [1.54, 1.807) is 0 Å². The topological polar surface area (TPSA) is 58.5 Å². The predicted molar refractivity (Wildman–Crippen MR) is 93.9 cm³/mol. The van der Waals surface area contributed by atoms with E-state index in [0.29, 0.717) is 11.6 Å². The van der Waals surface area contributed by atoms with Gasteiger partial charge in [0.25, 0.3) is 5.91 Å². The van der Waals surface area contributed by atoms with Crippen molar-refractivity contribution in [2.24, 2.45) is 10.9 Å². The molecule has 0 spiro atoms. The second kappa shape index (κ2) is 10.6. The smallest absolute Gasteiger partial charge is 0.261 e. The molecule has 0 aromatic heterocycles. The van der Waals surface area contributed by atoms with Crippen LogP contribution in [0.4, 0.5) is 0 Å². The third-order valence-corrected chi connectivity index (χ3v) is 5.02. The molecule has 0 bridgehead atoms. The van der Waals surface area contributed by atoms with E-state index < -0.39 is 0 Å². The zero-order chi connectivity index (χ0) is 16.4. The van der Waals surface area contributed by atoms with E-state index in [1.807, 2.05) is 19.9 Å². The first kappa shape index (κ1) is 18.9. The van der Waals surface area contributed by atoms with Crippen LogP contribution in [0.3, 0.4) is 0 Å². The summed E-state index contributed by atoms with van der Waals surface area (Å²) >= 11 is 1.37. The Morgan fingerprint density at radius 2 is 1.91 bits per heavy atom. The third kappa shape index (κ3) is 7.25. The molecule has 1 aliphatic heterocycles. The standard InChI is InChI=1S/C17H28N2O2S/c1-4-5-6-7-8-9-10-11-12-14(20)18-17-19-16(21)15(22-17)13(2)3/h4,13,15H,1,5-12H2,2-3H3,(H,18,19,20,21)/t15-/m0/s1. The lowest BCUT2D eigenvalue weighted by Crippen LogP contribution is -2.27. The molecule has 0 radical (unpaired) electrons. The fourth-order valence-corrected chi connectivity index (χ4v) is 3.28. The van der Waals surface area contributed by atoms with Crippen LogP contribution in [0.2, 0.25) is 0 Å². The summed E-state index contributed by atoms with van der Waals surface area (Å²) in [6.45, 7) is 7.69. The first-order valence-electron chi connectivity index (χ1n) is 8.24. The van der Waals surface area contributed by atoms with Crippen LogP contribution in [0.5, 0.6) is 0 Å². The molecule has 0 aromatic carbocycles. The van der Waals surface area contributed by atoms with Crippen molar-refractivity contribution in [3.05, 3.63) is 12.7 Å². The monoisotopic (exact) mass is 324 g/mol. The molecule has 2 amide bonds. The van der Waals surface area contributed by atoms with Gasteiger partial charge in [-0.05, 0) is 25.2 Å². The van der Waals surface area contributed by atoms with E-state index in [0.717, 1.165) is 19.3 Å². The molecular formula is C17H28N2O2S. The van der Waals surface area contributed by atoms with Gasteiger partial charge in [0.1, 0.15) is 0 Å². The molecule has 1 atom stereocenters. The number of nitrogens with one attached hydrogen (secondary N) is 1. The number of hydrogen-bond donors (Lipinski definition) is 1. The lowest BCUT2D eigenvalue weighted by Gasteiger charge is -2.10. The van der Waals surface area contributed by atoms with Crippen molar-refractivity contribution in [3.63, 3.8) is 0 Å². The summed E-state index contributed by atoms with van der Waals surface area (Å²) in [5.74, 6) is 0.0710. The van der Waals surface area contributed by atoms with Crippen molar-refractivity contribution in [1.29, 1.82) is 0 Å². The number of hydrogen-bond acceptors (Lipinski definition) is 3. The summed E-state index contributed by atoms with van der Waals surface area (Å²) in [6.07, 6.45) is 10.4. The Bertz CT molecular complexity index is 419. The Morgan fingerprint density at radius 1 is 1.27 bits per heavy atom. The molecule has 4 nitrogen and oxygen atoms in total. The number of amides is 2. The van der Waals surface area contributed by atoms with Gasteiger partial charge in [-0.15, -0.1) is 6.58 Å². The van der Waals surface area contributed by atoms with E-state index in [2.05, 4.69) is 16.9 Å². The Labute approximate surface area is 138 Å². The van der Waals surface area contributed by atoms with Crippen LogP contribution >= 0.6 is 11.8 Å². The summed E-state index contributed by atoms with van der Waals surface area (Å²) in [6, 6.07) is 0. The highest BCUT2D eigenvalue weighted by atomic mass is 32.2. The number of allylic oxidation sites excluding steroid dienone is 1. The van der Waals surface area contributed by atoms with Crippen LogP contribution in [-0.4, -0.2) is 22.2 Å². The first-order valence-corrected chi connectivity index (χ1v) is 9.12. The highest BCUT2D eigenvalue weighted by Gasteiger charge is 2.31. The average Bonchev–Trinajstić information content (AvgIpc) is 2.82. The molecule has 0 fully saturated rings. The van der Waals surface area contributed by atoms with Crippen molar-refractivity contribution >= 4 is 28.7 Å². The van der Waals surface area contributed by atoms with Crippen LogP contribution in [-0.2, 0) is 9.59 Å². The van der Waals surface area contributed by atoms with E-state index in [-0.39, 0.29) is 23.0 Å². The molecule has 22 heavy (non-hydrogen) atoms. The molecule has 0 saturated heterocycles. The normalized spacial score (nSPS) is 17.7. The first-order chi connectivity index (χ1) is 10.5. The van der Waals surface area contributed by atoms with Gasteiger partial charge in [-0.25, -0.2) is 0 Å². The zero-order valence-electron chi connectivity index (χ0n) is 13.8. The van der Waals surface area contributed by atoms with E-state index in [1.165, 1.54) is 37.4 Å². The molecule has 1 N–H and O–H groups in total. The van der Waals surface area contributed by atoms with E-state index in [9.17, 15) is 9.59 Å². The SMILES string of the molecule is C=CCCCCCCCCC(=O)NC1=NC(=O)[C@H](C(C)C)S1. The van der Waals surface area contributed by atoms with Gasteiger partial charge in [0.2, 0.25) is 5.91 Å². The highest BCUT2D eigenvalue weighted by Crippen LogP contribution is 2.27. The molecule has 0 unspecified atom stereocenters. The van der Waals surface area contributed by atoms with E-state index in [4.69, 9.17) is 0 Å². The van der Waals surface area contributed by atoms with Gasteiger partial charge >= 0.3 is 0 Å². The fraction of sp³-hybridized carbons (Fsp3) is 0.706. The maximum absolute atomic E-state index is 11.8. The van der Waals surface area contributed by atoms with Crippen molar-refractivity contribution in [2.45, 2.75) is 70.5 Å². The maximum Gasteiger partial charge on any atom is 0.261 e. The Hall–Kier alpha value is -1.10. The van der Waals surface area contributed by atoms with E-state index >= 15 is 0 Å². The zero-order valence-corrected chi connectivity index (χ0v) is 14.6. The quantitative estimate of drug-likeness (QED) is 0.487. The van der Waals surface area contributed by atoms with Crippen LogP contribution < -0.4 is 5.32 Å². The van der Waals surface area contributed by atoms with Crippen molar-refractivity contribution < 1.29 is 9.59 Å². The van der Waals surface area contributed by atoms with Crippen LogP contribution in [0.1, 0.15) is 65.2 Å². The lowest BCUT2D eigenvalue weighted by molar-refractivity contribution is -0.119. The minimum atomic E-state index is -0.147.